The SMILES string of the molecule is CNC(=O)[C@@H]1C[C@@H](N)CN1C(=O)c1ccccc1NCc1ccccn1. The van der Waals surface area contributed by atoms with Crippen LogP contribution in [-0.2, 0) is 11.3 Å². The van der Waals surface area contributed by atoms with Crippen LogP contribution in [0.25, 0.3) is 0 Å². The summed E-state index contributed by atoms with van der Waals surface area (Å²) >= 11 is 0. The molecule has 136 valence electrons. The highest BCUT2D eigenvalue weighted by atomic mass is 16.2. The molecule has 7 nitrogen and oxygen atoms in total. The lowest BCUT2D eigenvalue weighted by Crippen LogP contribution is -2.45. The van der Waals surface area contributed by atoms with Crippen molar-refractivity contribution in [3.63, 3.8) is 0 Å². The van der Waals surface area contributed by atoms with Crippen LogP contribution >= 0.6 is 0 Å². The standard InChI is InChI=1S/C19H23N5O2/c1-21-18(25)17-10-13(20)12-24(17)19(26)15-7-2-3-8-16(15)23-11-14-6-4-5-9-22-14/h2-9,13,17,23H,10-12,20H2,1H3,(H,21,25)/t13-,17+/m1/s1. The van der Waals surface area contributed by atoms with Crippen LogP contribution in [0.5, 0.6) is 0 Å². The molecule has 1 aliphatic heterocycles. The largest absolute Gasteiger partial charge is 0.379 e. The number of hydrogen-bond acceptors (Lipinski definition) is 5. The lowest BCUT2D eigenvalue weighted by Gasteiger charge is -2.24. The monoisotopic (exact) mass is 353 g/mol. The van der Waals surface area contributed by atoms with Gasteiger partial charge in [0.1, 0.15) is 6.04 Å². The van der Waals surface area contributed by atoms with Gasteiger partial charge in [-0.2, -0.15) is 0 Å². The number of likely N-dealkylation sites (N-methyl/N-ethyl adjacent to an activating group) is 1. The molecule has 2 aromatic rings. The van der Waals surface area contributed by atoms with E-state index in [1.165, 1.54) is 0 Å². The Morgan fingerprint density at radius 3 is 2.73 bits per heavy atom. The molecule has 7 heteroatoms. The minimum Gasteiger partial charge on any atom is -0.379 e. The van der Waals surface area contributed by atoms with Gasteiger partial charge in [-0.15, -0.1) is 0 Å². The van der Waals surface area contributed by atoms with E-state index in [1.54, 1.807) is 24.2 Å². The van der Waals surface area contributed by atoms with Gasteiger partial charge >= 0.3 is 0 Å². The van der Waals surface area contributed by atoms with Gasteiger partial charge in [-0.1, -0.05) is 18.2 Å². The number of likely N-dealkylation sites (tertiary alicyclic amines) is 1. The molecular formula is C19H23N5O2. The van der Waals surface area contributed by atoms with E-state index in [2.05, 4.69) is 15.6 Å². The Morgan fingerprint density at radius 2 is 2.00 bits per heavy atom. The summed E-state index contributed by atoms with van der Waals surface area (Å²) in [5.41, 5.74) is 8.10. The number of benzene rings is 1. The van der Waals surface area contributed by atoms with Gasteiger partial charge in [0.05, 0.1) is 17.8 Å². The number of hydrogen-bond donors (Lipinski definition) is 3. The van der Waals surface area contributed by atoms with Crippen LogP contribution in [0, 0.1) is 0 Å². The number of pyridine rings is 1. The predicted molar refractivity (Wildman–Crippen MR) is 99.5 cm³/mol. The molecule has 1 fully saturated rings. The Labute approximate surface area is 152 Å². The highest BCUT2D eigenvalue weighted by molar-refractivity contribution is 6.02. The molecule has 0 bridgehead atoms. The van der Waals surface area contributed by atoms with Gasteiger partial charge in [-0.25, -0.2) is 0 Å². The molecule has 3 rings (SSSR count). The molecule has 1 aromatic carbocycles. The number of amides is 2. The summed E-state index contributed by atoms with van der Waals surface area (Å²) in [7, 11) is 1.57. The second kappa shape index (κ2) is 7.97. The number of rotatable bonds is 5. The van der Waals surface area contributed by atoms with Gasteiger partial charge in [0, 0.05) is 31.5 Å². The first kappa shape index (κ1) is 17.9. The zero-order valence-electron chi connectivity index (χ0n) is 14.7. The van der Waals surface area contributed by atoms with Crippen LogP contribution in [0.4, 0.5) is 5.69 Å². The van der Waals surface area contributed by atoms with Crippen molar-refractivity contribution in [3.05, 3.63) is 59.9 Å². The van der Waals surface area contributed by atoms with Crippen LogP contribution in [0.3, 0.4) is 0 Å². The summed E-state index contributed by atoms with van der Waals surface area (Å²) in [6, 6.07) is 12.2. The number of carbonyl (C=O) groups is 2. The number of nitrogens with one attached hydrogen (secondary N) is 2. The number of para-hydroxylation sites is 1. The molecule has 0 spiro atoms. The van der Waals surface area contributed by atoms with Gasteiger partial charge in [0.2, 0.25) is 5.91 Å². The van der Waals surface area contributed by atoms with Crippen molar-refractivity contribution in [1.29, 1.82) is 0 Å². The average molecular weight is 353 g/mol. The summed E-state index contributed by atoms with van der Waals surface area (Å²) in [6.07, 6.45) is 2.20. The number of aromatic nitrogens is 1. The third-order valence-corrected chi connectivity index (χ3v) is 4.49. The van der Waals surface area contributed by atoms with E-state index < -0.39 is 6.04 Å². The Morgan fingerprint density at radius 1 is 1.23 bits per heavy atom. The first-order chi connectivity index (χ1) is 12.6. The molecule has 0 aliphatic carbocycles. The molecule has 2 heterocycles. The molecule has 0 saturated carbocycles. The van der Waals surface area contributed by atoms with Crippen molar-refractivity contribution in [3.8, 4) is 0 Å². The van der Waals surface area contributed by atoms with E-state index in [4.69, 9.17) is 5.73 Å². The van der Waals surface area contributed by atoms with Crippen LogP contribution < -0.4 is 16.4 Å². The average Bonchev–Trinajstić information content (AvgIpc) is 3.08. The number of carbonyl (C=O) groups excluding carboxylic acids is 2. The number of nitrogens with zero attached hydrogens (tertiary/aromatic N) is 2. The van der Waals surface area contributed by atoms with Gasteiger partial charge in [0.25, 0.3) is 5.91 Å². The second-order valence-corrected chi connectivity index (χ2v) is 6.30. The molecular weight excluding hydrogens is 330 g/mol. The Kier molecular flexibility index (Phi) is 5.48. The van der Waals surface area contributed by atoms with Gasteiger partial charge in [0.15, 0.2) is 0 Å². The van der Waals surface area contributed by atoms with E-state index in [-0.39, 0.29) is 17.9 Å². The quantitative estimate of drug-likeness (QED) is 0.744. The maximum Gasteiger partial charge on any atom is 0.256 e. The highest BCUT2D eigenvalue weighted by Gasteiger charge is 2.38. The molecule has 4 N–H and O–H groups in total. The van der Waals surface area contributed by atoms with Gasteiger partial charge < -0.3 is 21.3 Å². The fourth-order valence-electron chi connectivity index (χ4n) is 3.18. The van der Waals surface area contributed by atoms with Gasteiger partial charge in [-0.05, 0) is 30.7 Å². The lowest BCUT2D eigenvalue weighted by atomic mass is 10.1. The molecule has 1 aromatic heterocycles. The maximum atomic E-state index is 13.1. The summed E-state index contributed by atoms with van der Waals surface area (Å²) < 4.78 is 0. The summed E-state index contributed by atoms with van der Waals surface area (Å²) in [4.78, 5) is 31.0. The fraction of sp³-hybridized carbons (Fsp3) is 0.316. The van der Waals surface area contributed by atoms with E-state index in [0.29, 0.717) is 30.8 Å². The zero-order valence-corrected chi connectivity index (χ0v) is 14.7. The second-order valence-electron chi connectivity index (χ2n) is 6.30. The summed E-state index contributed by atoms with van der Waals surface area (Å²) in [5, 5.41) is 5.87. The summed E-state index contributed by atoms with van der Waals surface area (Å²) in [6.45, 7) is 0.870. The Bertz CT molecular complexity index is 781. The van der Waals surface area contributed by atoms with Crippen molar-refractivity contribution in [2.45, 2.75) is 25.0 Å². The fourth-order valence-corrected chi connectivity index (χ4v) is 3.18. The minimum atomic E-state index is -0.536. The Hall–Kier alpha value is -2.93. The minimum absolute atomic E-state index is 0.190. The van der Waals surface area contributed by atoms with Crippen LogP contribution in [0.2, 0.25) is 0 Å². The van der Waals surface area contributed by atoms with Crippen LogP contribution in [0.15, 0.2) is 48.7 Å². The number of anilines is 1. The third kappa shape index (κ3) is 3.83. The molecule has 0 unspecified atom stereocenters. The molecule has 26 heavy (non-hydrogen) atoms. The lowest BCUT2D eigenvalue weighted by molar-refractivity contribution is -0.124. The smallest absolute Gasteiger partial charge is 0.256 e. The molecule has 1 saturated heterocycles. The first-order valence-electron chi connectivity index (χ1n) is 8.61. The Balaban J connectivity index is 1.80. The van der Waals surface area contributed by atoms with E-state index in [9.17, 15) is 9.59 Å². The normalized spacial score (nSPS) is 19.2. The molecule has 0 radical (unpaired) electrons. The van der Waals surface area contributed by atoms with Crippen molar-refractivity contribution < 1.29 is 9.59 Å². The van der Waals surface area contributed by atoms with Crippen molar-refractivity contribution in [2.24, 2.45) is 5.73 Å². The molecule has 2 atom stereocenters. The van der Waals surface area contributed by atoms with Crippen molar-refractivity contribution in [2.75, 3.05) is 18.9 Å². The third-order valence-electron chi connectivity index (χ3n) is 4.49. The highest BCUT2D eigenvalue weighted by Crippen LogP contribution is 2.24. The predicted octanol–water partition coefficient (Wildman–Crippen LogP) is 0.982. The van der Waals surface area contributed by atoms with E-state index in [0.717, 1.165) is 5.69 Å². The number of nitrogens with two attached hydrogens (primary N) is 1. The molecule has 1 aliphatic rings. The first-order valence-corrected chi connectivity index (χ1v) is 8.61. The zero-order chi connectivity index (χ0) is 18.5. The molecule has 2 amide bonds. The van der Waals surface area contributed by atoms with Crippen molar-refractivity contribution >= 4 is 17.5 Å². The van der Waals surface area contributed by atoms with Crippen molar-refractivity contribution in [1.82, 2.24) is 15.2 Å². The van der Waals surface area contributed by atoms with Crippen LogP contribution in [0.1, 0.15) is 22.5 Å². The van der Waals surface area contributed by atoms with Gasteiger partial charge in [-0.3, -0.25) is 14.6 Å². The van der Waals surface area contributed by atoms with E-state index in [1.807, 2.05) is 36.4 Å². The van der Waals surface area contributed by atoms with E-state index >= 15 is 0 Å². The van der Waals surface area contributed by atoms with Crippen LogP contribution in [-0.4, -0.2) is 47.4 Å². The topological polar surface area (TPSA) is 100 Å². The summed E-state index contributed by atoms with van der Waals surface area (Å²) in [5.74, 6) is -0.388. The maximum absolute atomic E-state index is 13.1.